The van der Waals surface area contributed by atoms with Gasteiger partial charge in [-0.15, -0.1) is 0 Å². The fraction of sp³-hybridized carbons (Fsp3) is 0.378. The molecule has 0 radical (unpaired) electrons. The third-order valence-electron chi connectivity index (χ3n) is 12.5. The summed E-state index contributed by atoms with van der Waals surface area (Å²) in [6.45, 7) is 7.05. The summed E-state index contributed by atoms with van der Waals surface area (Å²) in [5.74, 6) is 0.354. The van der Waals surface area contributed by atoms with E-state index in [4.69, 9.17) is 21.1 Å². The molecule has 2 amide bonds. The van der Waals surface area contributed by atoms with Crippen LogP contribution in [0.5, 0.6) is 11.5 Å². The number of nitrogens with zero attached hydrogens (tertiary/aromatic N) is 4. The van der Waals surface area contributed by atoms with Crippen LogP contribution in [0.3, 0.4) is 0 Å². The van der Waals surface area contributed by atoms with Crippen LogP contribution in [0.1, 0.15) is 40.7 Å². The second kappa shape index (κ2) is 18.2. The number of pyridine rings is 1. The third-order valence-corrected chi connectivity index (χ3v) is 14.0. The number of fused-ring (bicyclic) bond motifs is 2. The summed E-state index contributed by atoms with van der Waals surface area (Å²) in [7, 11) is -4.29. The van der Waals surface area contributed by atoms with Crippen molar-refractivity contribution in [2.24, 2.45) is 11.8 Å². The Labute approximate surface area is 365 Å². The number of H-pyrrole nitrogens is 1. The van der Waals surface area contributed by atoms with Gasteiger partial charge >= 0.3 is 0 Å². The number of hydrogen-bond donors (Lipinski definition) is 5. The van der Waals surface area contributed by atoms with Crippen molar-refractivity contribution in [1.29, 1.82) is 0 Å². The quantitative estimate of drug-likeness (QED) is 0.112. The molecule has 0 bridgehead atoms. The zero-order chi connectivity index (χ0) is 42.8. The Morgan fingerprint density at radius 2 is 1.90 bits per heavy atom. The van der Waals surface area contributed by atoms with Gasteiger partial charge in [-0.05, 0) is 91.7 Å². The molecule has 5 aromatic rings. The van der Waals surface area contributed by atoms with Crippen molar-refractivity contribution in [2.45, 2.75) is 43.2 Å². The topological polar surface area (TPSA) is 189 Å². The second-order valence-electron chi connectivity index (χ2n) is 16.6. The number of sulfonamides is 1. The molecule has 62 heavy (non-hydrogen) atoms. The fourth-order valence-corrected chi connectivity index (χ4v) is 10.1. The van der Waals surface area contributed by atoms with Crippen LogP contribution in [0.15, 0.2) is 84.0 Å². The first kappa shape index (κ1) is 42.0. The van der Waals surface area contributed by atoms with E-state index in [0.29, 0.717) is 54.2 Å². The van der Waals surface area contributed by atoms with Crippen LogP contribution >= 0.6 is 11.6 Å². The van der Waals surface area contributed by atoms with Crippen LogP contribution in [0.4, 0.5) is 17.1 Å². The summed E-state index contributed by atoms with van der Waals surface area (Å²) in [6.07, 6.45) is 8.96. The summed E-state index contributed by atoms with van der Waals surface area (Å²) in [5.41, 5.74) is 9.14. The minimum Gasteiger partial charge on any atom is -0.455 e. The fourth-order valence-electron chi connectivity index (χ4n) is 8.90. The molecule has 0 aliphatic carbocycles. The Bertz CT molecular complexity index is 2630. The number of carbonyl (C=O) groups excluding carboxylic acids is 2. The van der Waals surface area contributed by atoms with Crippen molar-refractivity contribution in [3.63, 3.8) is 0 Å². The minimum absolute atomic E-state index is 0.0215. The molecule has 2 fully saturated rings. The summed E-state index contributed by atoms with van der Waals surface area (Å²) in [5, 5.41) is 8.23. The van der Waals surface area contributed by atoms with Gasteiger partial charge in [0.25, 0.3) is 15.9 Å². The zero-order valence-corrected chi connectivity index (χ0v) is 36.0. The van der Waals surface area contributed by atoms with E-state index >= 15 is 0 Å². The third kappa shape index (κ3) is 9.35. The molecule has 4 aliphatic rings. The number of amides is 2. The molecule has 15 nitrogen and oxygen atoms in total. The molecule has 9 rings (SSSR count). The number of rotatable bonds is 12. The Kier molecular flexibility index (Phi) is 12.3. The van der Waals surface area contributed by atoms with Gasteiger partial charge in [-0.1, -0.05) is 17.7 Å². The lowest BCUT2D eigenvalue weighted by atomic mass is 9.92. The number of aromatic nitrogens is 2. The number of halogens is 1. The standard InChI is InChI=1S/C45H50ClN9O6S/c46-34-2-1-30-20-36(55(27-33(30)19-34)45(57)32-7-11-48-25-32)28-53-13-15-54(16-14-53)35-3-5-39(42(22-35)61-37-21-31-8-12-49-43(31)51-26-37)44(56)52-62(58,59)38-4-6-41(40(47)23-38)50-24-29-9-17-60-18-10-29/h1-6,8,12,15,19,21-23,26,29,32,36,48,50H,7,9-11,13-14,16-18,20,24-25,27-28,47H2,(H-,49,51,52,56)/p+2. The van der Waals surface area contributed by atoms with Crippen LogP contribution in [0.25, 0.3) is 11.0 Å². The molecule has 6 heterocycles. The van der Waals surface area contributed by atoms with E-state index in [0.717, 1.165) is 87.4 Å². The van der Waals surface area contributed by atoms with Gasteiger partial charge in [-0.3, -0.25) is 14.5 Å². The van der Waals surface area contributed by atoms with Gasteiger partial charge in [0, 0.05) is 74.2 Å². The predicted molar refractivity (Wildman–Crippen MR) is 236 cm³/mol. The van der Waals surface area contributed by atoms with Crippen LogP contribution in [-0.4, -0.2) is 116 Å². The van der Waals surface area contributed by atoms with E-state index < -0.39 is 15.9 Å². The van der Waals surface area contributed by atoms with Crippen molar-refractivity contribution in [3.05, 3.63) is 101 Å². The van der Waals surface area contributed by atoms with Crippen molar-refractivity contribution in [1.82, 2.24) is 29.8 Å². The number of aromatic amines is 1. The zero-order valence-electron chi connectivity index (χ0n) is 34.4. The smallest absolute Gasteiger partial charge is 0.268 e. The Hall–Kier alpha value is -5.36. The molecule has 2 unspecified atom stereocenters. The molecule has 2 saturated heterocycles. The normalized spacial score (nSPS) is 19.8. The SMILES string of the molecule is [NH3+]c1cc(S(=O)(=O)NC(=O)c2ccc([N+]3=CCN(CC4Cc5ccc(Cl)cc5CN4C(=O)C4CCNC4)CC3)cc2Oc2cnc3[nH]ccc3c2)ccc1NCC1CCOCC1. The van der Waals surface area contributed by atoms with E-state index in [1.54, 1.807) is 42.7 Å². The monoisotopic (exact) mass is 881 g/mol. The molecular formula is C45H52ClN9O6S+2. The lowest BCUT2D eigenvalue weighted by Gasteiger charge is -2.40. The number of quaternary nitrogens is 1. The maximum Gasteiger partial charge on any atom is 0.268 e. The molecule has 0 spiro atoms. The van der Waals surface area contributed by atoms with Gasteiger partial charge < -0.3 is 35.7 Å². The van der Waals surface area contributed by atoms with Crippen molar-refractivity contribution < 1.29 is 37.8 Å². The molecule has 17 heteroatoms. The number of ether oxygens (including phenoxy) is 2. The summed E-state index contributed by atoms with van der Waals surface area (Å²) in [6, 6.07) is 19.4. The maximum absolute atomic E-state index is 13.9. The molecule has 7 N–H and O–H groups in total. The first-order valence-corrected chi connectivity index (χ1v) is 23.1. The Balaban J connectivity index is 0.924. The molecule has 324 valence electrons. The molecule has 3 aromatic carbocycles. The number of anilines is 1. The molecule has 2 atom stereocenters. The summed E-state index contributed by atoms with van der Waals surface area (Å²) >= 11 is 6.37. The molecule has 4 aliphatic heterocycles. The summed E-state index contributed by atoms with van der Waals surface area (Å²) < 4.78 is 43.5. The minimum atomic E-state index is -4.29. The number of carbonyl (C=O) groups is 2. The first-order chi connectivity index (χ1) is 30.1. The summed E-state index contributed by atoms with van der Waals surface area (Å²) in [4.78, 5) is 39.6. The van der Waals surface area contributed by atoms with Gasteiger partial charge in [0.2, 0.25) is 11.6 Å². The van der Waals surface area contributed by atoms with Gasteiger partial charge in [0.15, 0.2) is 18.4 Å². The molecular weight excluding hydrogens is 830 g/mol. The van der Waals surface area contributed by atoms with E-state index in [1.807, 2.05) is 18.2 Å². The van der Waals surface area contributed by atoms with E-state index in [1.165, 1.54) is 17.7 Å². The highest BCUT2D eigenvalue weighted by molar-refractivity contribution is 7.90. The van der Waals surface area contributed by atoms with E-state index in [-0.39, 0.29) is 34.1 Å². The average Bonchev–Trinajstić information content (AvgIpc) is 3.99. The lowest BCUT2D eigenvalue weighted by molar-refractivity contribution is -0.443. The van der Waals surface area contributed by atoms with E-state index in [9.17, 15) is 18.0 Å². The van der Waals surface area contributed by atoms with Gasteiger partial charge in [0.05, 0.1) is 47.4 Å². The Morgan fingerprint density at radius 3 is 2.69 bits per heavy atom. The Morgan fingerprint density at radius 1 is 1.03 bits per heavy atom. The van der Waals surface area contributed by atoms with Gasteiger partial charge in [-0.2, -0.15) is 4.58 Å². The van der Waals surface area contributed by atoms with Crippen molar-refractivity contribution in [3.8, 4) is 11.5 Å². The van der Waals surface area contributed by atoms with Crippen LogP contribution in [0, 0.1) is 11.8 Å². The largest absolute Gasteiger partial charge is 0.455 e. The van der Waals surface area contributed by atoms with Gasteiger partial charge in [0.1, 0.15) is 17.1 Å². The van der Waals surface area contributed by atoms with Crippen LogP contribution in [0.2, 0.25) is 5.02 Å². The highest BCUT2D eigenvalue weighted by Gasteiger charge is 2.36. The number of nitrogens with one attached hydrogen (secondary N) is 4. The lowest BCUT2D eigenvalue weighted by Crippen LogP contribution is -2.53. The molecule has 0 saturated carbocycles. The van der Waals surface area contributed by atoms with Crippen molar-refractivity contribution >= 4 is 67.7 Å². The molecule has 2 aromatic heterocycles. The number of hydrogen-bond acceptors (Lipinski definition) is 10. The van der Waals surface area contributed by atoms with Gasteiger partial charge in [-0.25, -0.2) is 18.1 Å². The maximum atomic E-state index is 13.9. The second-order valence-corrected chi connectivity index (χ2v) is 18.7. The average molecular weight is 882 g/mol. The van der Waals surface area contributed by atoms with Crippen LogP contribution < -0.4 is 25.8 Å². The predicted octanol–water partition coefficient (Wildman–Crippen LogP) is 4.43. The first-order valence-electron chi connectivity index (χ1n) is 21.3. The van der Waals surface area contributed by atoms with E-state index in [2.05, 4.69) is 57.7 Å². The number of benzene rings is 3. The van der Waals surface area contributed by atoms with Crippen molar-refractivity contribution in [2.75, 3.05) is 64.3 Å². The highest BCUT2D eigenvalue weighted by atomic mass is 35.5. The highest BCUT2D eigenvalue weighted by Crippen LogP contribution is 2.33. The van der Waals surface area contributed by atoms with Crippen LogP contribution in [-0.2, 0) is 32.5 Å².